The number of carbonyl (C=O) groups excluding carboxylic acids is 1. The first-order chi connectivity index (χ1) is 15.4. The maximum atomic E-state index is 13.0. The van der Waals surface area contributed by atoms with Gasteiger partial charge in [0, 0.05) is 31.0 Å². The van der Waals surface area contributed by atoms with Gasteiger partial charge in [0.1, 0.15) is 5.54 Å². The van der Waals surface area contributed by atoms with Crippen LogP contribution >= 0.6 is 0 Å². The molecule has 2 aliphatic heterocycles. The molecule has 170 valence electrons. The number of carbonyl (C=O) groups is 1. The number of nitrogens with two attached hydrogens (primary N) is 1. The Kier molecular flexibility index (Phi) is 6.37. The van der Waals surface area contributed by atoms with Gasteiger partial charge in [-0.3, -0.25) is 9.79 Å². The molecular weight excluding hydrogens is 400 g/mol. The maximum Gasteiger partial charge on any atom is 0.247 e. The highest BCUT2D eigenvalue weighted by Gasteiger charge is 2.50. The number of nitrogens with zero attached hydrogens (tertiary/aromatic N) is 3. The number of guanidine groups is 1. The standard InChI is InChI=1S/C25H34N6O/c1-24(2,17-26)18-27-23(29-20-9-5-3-6-10-20)30-15-13-25(14-16-30)22(32)28-19-31(25)21-11-7-4-8-12-21/h3-12H,13-19,26H2,1-2H3,(H,27,29)(H,28,32). The summed E-state index contributed by atoms with van der Waals surface area (Å²) in [7, 11) is 0. The van der Waals surface area contributed by atoms with Crippen LogP contribution < -0.4 is 21.3 Å². The average Bonchev–Trinajstić information content (AvgIpc) is 3.14. The van der Waals surface area contributed by atoms with E-state index in [1.807, 2.05) is 48.5 Å². The minimum atomic E-state index is -0.508. The van der Waals surface area contributed by atoms with E-state index < -0.39 is 5.54 Å². The zero-order chi connectivity index (χ0) is 22.6. The van der Waals surface area contributed by atoms with Crippen LogP contribution in [0.25, 0.3) is 0 Å². The lowest BCUT2D eigenvalue weighted by atomic mass is 9.85. The smallest absolute Gasteiger partial charge is 0.247 e. The summed E-state index contributed by atoms with van der Waals surface area (Å²) in [5.74, 6) is 0.969. The number of hydrogen-bond donors (Lipinski definition) is 3. The van der Waals surface area contributed by atoms with E-state index in [-0.39, 0.29) is 11.3 Å². The molecule has 2 fully saturated rings. The third-order valence-corrected chi connectivity index (χ3v) is 6.53. The third kappa shape index (κ3) is 4.58. The molecule has 0 aromatic heterocycles. The van der Waals surface area contributed by atoms with Crippen LogP contribution in [0.5, 0.6) is 0 Å². The lowest BCUT2D eigenvalue weighted by Gasteiger charge is -2.44. The predicted molar refractivity (Wildman–Crippen MR) is 131 cm³/mol. The van der Waals surface area contributed by atoms with Gasteiger partial charge in [-0.25, -0.2) is 0 Å². The normalized spacial score (nSPS) is 18.7. The molecule has 7 nitrogen and oxygen atoms in total. The van der Waals surface area contributed by atoms with Crippen LogP contribution in [0.1, 0.15) is 26.7 Å². The fourth-order valence-electron chi connectivity index (χ4n) is 4.34. The Morgan fingerprint density at radius 2 is 1.72 bits per heavy atom. The van der Waals surface area contributed by atoms with Gasteiger partial charge < -0.3 is 26.2 Å². The number of likely N-dealkylation sites (tertiary alicyclic amines) is 1. The van der Waals surface area contributed by atoms with E-state index >= 15 is 0 Å². The molecule has 4 N–H and O–H groups in total. The Labute approximate surface area is 190 Å². The van der Waals surface area contributed by atoms with Crippen molar-refractivity contribution in [1.82, 2.24) is 10.2 Å². The molecule has 1 amide bonds. The summed E-state index contributed by atoms with van der Waals surface area (Å²) in [6, 6.07) is 20.3. The molecule has 2 aromatic carbocycles. The fourth-order valence-corrected chi connectivity index (χ4v) is 4.34. The second-order valence-electron chi connectivity index (χ2n) is 9.45. The Morgan fingerprint density at radius 1 is 1.09 bits per heavy atom. The molecule has 4 rings (SSSR count). The topological polar surface area (TPSA) is 86.0 Å². The van der Waals surface area contributed by atoms with E-state index in [2.05, 4.69) is 46.4 Å². The number of benzene rings is 2. The number of hydrogen-bond acceptors (Lipinski definition) is 4. The van der Waals surface area contributed by atoms with Gasteiger partial charge in [-0.15, -0.1) is 0 Å². The van der Waals surface area contributed by atoms with Crippen molar-refractivity contribution in [1.29, 1.82) is 0 Å². The van der Waals surface area contributed by atoms with Crippen LogP contribution in [-0.4, -0.2) is 55.2 Å². The van der Waals surface area contributed by atoms with Crippen LogP contribution in [0.3, 0.4) is 0 Å². The molecule has 32 heavy (non-hydrogen) atoms. The zero-order valence-corrected chi connectivity index (χ0v) is 19.1. The van der Waals surface area contributed by atoms with E-state index in [0.717, 1.165) is 43.3 Å². The van der Waals surface area contributed by atoms with Crippen LogP contribution in [-0.2, 0) is 4.79 Å². The van der Waals surface area contributed by atoms with E-state index in [4.69, 9.17) is 10.7 Å². The van der Waals surface area contributed by atoms with Crippen LogP contribution in [0.15, 0.2) is 65.7 Å². The van der Waals surface area contributed by atoms with Gasteiger partial charge in [0.25, 0.3) is 0 Å². The number of rotatable bonds is 5. The van der Waals surface area contributed by atoms with Crippen molar-refractivity contribution in [2.75, 3.05) is 43.1 Å². The molecule has 0 saturated carbocycles. The summed E-state index contributed by atoms with van der Waals surface area (Å²) < 4.78 is 0. The van der Waals surface area contributed by atoms with Gasteiger partial charge in [0.15, 0.2) is 5.96 Å². The van der Waals surface area contributed by atoms with Crippen LogP contribution in [0.2, 0.25) is 0 Å². The SMILES string of the molecule is CC(C)(CN)CN=C(Nc1ccccc1)N1CCC2(CC1)C(=O)NCN2c1ccccc1. The van der Waals surface area contributed by atoms with Crippen molar-refractivity contribution < 1.29 is 4.79 Å². The summed E-state index contributed by atoms with van der Waals surface area (Å²) in [5, 5.41) is 6.57. The summed E-state index contributed by atoms with van der Waals surface area (Å²) in [6.07, 6.45) is 1.48. The molecule has 7 heteroatoms. The molecule has 0 aliphatic carbocycles. The van der Waals surface area contributed by atoms with Crippen molar-refractivity contribution >= 4 is 23.2 Å². The van der Waals surface area contributed by atoms with Crippen molar-refractivity contribution in [3.05, 3.63) is 60.7 Å². The quantitative estimate of drug-likeness (QED) is 0.498. The Balaban J connectivity index is 1.53. The highest BCUT2D eigenvalue weighted by Crippen LogP contribution is 2.36. The van der Waals surface area contributed by atoms with Crippen molar-refractivity contribution in [3.63, 3.8) is 0 Å². The van der Waals surface area contributed by atoms with E-state index in [1.54, 1.807) is 0 Å². The van der Waals surface area contributed by atoms with Gasteiger partial charge in [-0.2, -0.15) is 0 Å². The van der Waals surface area contributed by atoms with Gasteiger partial charge in [0.05, 0.1) is 6.67 Å². The molecule has 2 aliphatic rings. The zero-order valence-electron chi connectivity index (χ0n) is 19.1. The van der Waals surface area contributed by atoms with Crippen LogP contribution in [0, 0.1) is 5.41 Å². The summed E-state index contributed by atoms with van der Waals surface area (Å²) >= 11 is 0. The fraction of sp³-hybridized carbons (Fsp3) is 0.440. The number of amides is 1. The highest BCUT2D eigenvalue weighted by molar-refractivity contribution is 5.96. The minimum absolute atomic E-state index is 0.0733. The number of piperidine rings is 1. The van der Waals surface area contributed by atoms with E-state index in [0.29, 0.717) is 19.8 Å². The lowest BCUT2D eigenvalue weighted by molar-refractivity contribution is -0.124. The largest absolute Gasteiger partial charge is 0.343 e. The Hall–Kier alpha value is -3.06. The third-order valence-electron chi connectivity index (χ3n) is 6.53. The molecule has 0 bridgehead atoms. The second kappa shape index (κ2) is 9.20. The number of aliphatic imine (C=N–C) groups is 1. The lowest BCUT2D eigenvalue weighted by Crippen LogP contribution is -2.58. The van der Waals surface area contributed by atoms with Crippen molar-refractivity contribution in [2.45, 2.75) is 32.2 Å². The van der Waals surface area contributed by atoms with Gasteiger partial charge in [-0.1, -0.05) is 50.2 Å². The minimum Gasteiger partial charge on any atom is -0.343 e. The monoisotopic (exact) mass is 434 g/mol. The molecule has 2 aromatic rings. The van der Waals surface area contributed by atoms with Crippen molar-refractivity contribution in [2.24, 2.45) is 16.1 Å². The number of para-hydroxylation sites is 2. The Morgan fingerprint density at radius 3 is 2.34 bits per heavy atom. The molecule has 2 saturated heterocycles. The van der Waals surface area contributed by atoms with E-state index in [9.17, 15) is 4.79 Å². The summed E-state index contributed by atoms with van der Waals surface area (Å²) in [5.41, 5.74) is 7.44. The molecular formula is C25H34N6O. The first kappa shape index (κ1) is 22.1. The van der Waals surface area contributed by atoms with Crippen molar-refractivity contribution in [3.8, 4) is 0 Å². The molecule has 0 atom stereocenters. The number of anilines is 2. The van der Waals surface area contributed by atoms with E-state index in [1.165, 1.54) is 0 Å². The molecule has 0 unspecified atom stereocenters. The second-order valence-corrected chi connectivity index (χ2v) is 9.45. The maximum absolute atomic E-state index is 13.0. The van der Waals surface area contributed by atoms with Crippen LogP contribution in [0.4, 0.5) is 11.4 Å². The first-order valence-corrected chi connectivity index (χ1v) is 11.4. The van der Waals surface area contributed by atoms with Gasteiger partial charge in [0.2, 0.25) is 5.91 Å². The summed E-state index contributed by atoms with van der Waals surface area (Å²) in [6.45, 7) is 7.51. The van der Waals surface area contributed by atoms with Gasteiger partial charge >= 0.3 is 0 Å². The van der Waals surface area contributed by atoms with Gasteiger partial charge in [-0.05, 0) is 49.1 Å². The summed E-state index contributed by atoms with van der Waals surface area (Å²) in [4.78, 5) is 22.4. The highest BCUT2D eigenvalue weighted by atomic mass is 16.2. The first-order valence-electron chi connectivity index (χ1n) is 11.4. The molecule has 1 spiro atoms. The molecule has 2 heterocycles. The molecule has 0 radical (unpaired) electrons. The predicted octanol–water partition coefficient (Wildman–Crippen LogP) is 2.87. The Bertz CT molecular complexity index is 935. The average molecular weight is 435 g/mol. The number of nitrogens with one attached hydrogen (secondary N) is 2.